The van der Waals surface area contributed by atoms with Crippen LogP contribution < -0.4 is 0 Å². The molecule has 9 heteroatoms. The third kappa shape index (κ3) is 4.41. The number of esters is 1. The van der Waals surface area contributed by atoms with Crippen LogP contribution in [0.3, 0.4) is 0 Å². The fraction of sp³-hybridized carbons (Fsp3) is 0.238. The van der Waals surface area contributed by atoms with E-state index in [9.17, 15) is 9.59 Å². The van der Waals surface area contributed by atoms with Gasteiger partial charge in [0.15, 0.2) is 6.10 Å². The molecule has 1 unspecified atom stereocenters. The number of hydrogen-bond donors (Lipinski definition) is 0. The molecule has 30 heavy (non-hydrogen) atoms. The zero-order valence-electron chi connectivity index (χ0n) is 16.5. The topological polar surface area (TPSA) is 90.5 Å². The Hall–Kier alpha value is -3.46. The van der Waals surface area contributed by atoms with Crippen LogP contribution in [0.15, 0.2) is 59.3 Å². The highest BCUT2D eigenvalue weighted by Crippen LogP contribution is 2.22. The van der Waals surface area contributed by atoms with Crippen molar-refractivity contribution in [1.82, 2.24) is 19.7 Å². The molecule has 0 bridgehead atoms. The van der Waals surface area contributed by atoms with Gasteiger partial charge in [0.05, 0.1) is 23.3 Å². The predicted octanol–water partition coefficient (Wildman–Crippen LogP) is 3.34. The number of benzene rings is 1. The van der Waals surface area contributed by atoms with Crippen molar-refractivity contribution in [3.05, 3.63) is 71.4 Å². The van der Waals surface area contributed by atoms with Gasteiger partial charge in [-0.1, -0.05) is 12.1 Å². The first-order valence-corrected chi connectivity index (χ1v) is 10.2. The number of carbonyl (C=O) groups is 2. The molecular weight excluding hydrogens is 404 g/mol. The van der Waals surface area contributed by atoms with Gasteiger partial charge in [-0.05, 0) is 37.3 Å². The van der Waals surface area contributed by atoms with Crippen LogP contribution in [-0.2, 0) is 22.6 Å². The van der Waals surface area contributed by atoms with Gasteiger partial charge in [-0.3, -0.25) is 9.48 Å². The number of thiazole rings is 1. The van der Waals surface area contributed by atoms with Crippen molar-refractivity contribution < 1.29 is 18.7 Å². The maximum absolute atomic E-state index is 12.6. The average molecular weight is 424 g/mol. The van der Waals surface area contributed by atoms with E-state index in [4.69, 9.17) is 9.15 Å². The third-order valence-electron chi connectivity index (χ3n) is 4.46. The van der Waals surface area contributed by atoms with E-state index in [0.29, 0.717) is 18.8 Å². The Morgan fingerprint density at radius 3 is 2.83 bits per heavy atom. The molecule has 0 radical (unpaired) electrons. The Balaban J connectivity index is 1.34. The Morgan fingerprint density at radius 2 is 2.07 bits per heavy atom. The lowest BCUT2D eigenvalue weighted by molar-refractivity contribution is -0.139. The summed E-state index contributed by atoms with van der Waals surface area (Å²) in [6.07, 6.45) is 2.51. The number of fused-ring (bicyclic) bond motifs is 1. The van der Waals surface area contributed by atoms with Gasteiger partial charge in [0.2, 0.25) is 5.76 Å². The van der Waals surface area contributed by atoms with E-state index in [1.807, 2.05) is 24.3 Å². The molecule has 3 heterocycles. The summed E-state index contributed by atoms with van der Waals surface area (Å²) >= 11 is 1.53. The molecule has 4 aromatic rings. The highest BCUT2D eigenvalue weighted by molar-refractivity contribution is 7.18. The third-order valence-corrected chi connectivity index (χ3v) is 5.48. The molecule has 0 aliphatic heterocycles. The van der Waals surface area contributed by atoms with E-state index in [1.165, 1.54) is 22.3 Å². The van der Waals surface area contributed by atoms with E-state index >= 15 is 0 Å². The lowest BCUT2D eigenvalue weighted by atomic mass is 10.3. The average Bonchev–Trinajstić information content (AvgIpc) is 3.48. The zero-order chi connectivity index (χ0) is 21.1. The molecule has 1 atom stereocenters. The largest absolute Gasteiger partial charge is 0.452 e. The number of hydrogen-bond acceptors (Lipinski definition) is 7. The van der Waals surface area contributed by atoms with Crippen molar-refractivity contribution in [3.63, 3.8) is 0 Å². The SMILES string of the molecule is CC(OC(=O)c1ccc(Cn2cccn2)o1)C(=O)N(C)Cc1nc2ccccc2s1. The smallest absolute Gasteiger partial charge is 0.375 e. The highest BCUT2D eigenvalue weighted by atomic mass is 32.1. The number of para-hydroxylation sites is 1. The van der Waals surface area contributed by atoms with Crippen LogP contribution in [0.2, 0.25) is 0 Å². The number of rotatable bonds is 7. The maximum atomic E-state index is 12.6. The second-order valence-corrected chi connectivity index (χ2v) is 7.90. The van der Waals surface area contributed by atoms with Crippen molar-refractivity contribution >= 4 is 33.4 Å². The minimum atomic E-state index is -0.948. The molecule has 0 saturated heterocycles. The molecule has 4 rings (SSSR count). The first-order valence-electron chi connectivity index (χ1n) is 9.36. The first-order chi connectivity index (χ1) is 14.5. The summed E-state index contributed by atoms with van der Waals surface area (Å²) in [6, 6.07) is 12.8. The normalized spacial score (nSPS) is 12.1. The van der Waals surface area contributed by atoms with Crippen molar-refractivity contribution in [1.29, 1.82) is 0 Å². The molecule has 0 spiro atoms. The number of nitrogens with zero attached hydrogens (tertiary/aromatic N) is 4. The quantitative estimate of drug-likeness (QED) is 0.423. The van der Waals surface area contributed by atoms with Crippen LogP contribution in [0, 0.1) is 0 Å². The summed E-state index contributed by atoms with van der Waals surface area (Å²) in [7, 11) is 1.66. The predicted molar refractivity (Wildman–Crippen MR) is 111 cm³/mol. The maximum Gasteiger partial charge on any atom is 0.375 e. The Labute approximate surface area is 176 Å². The highest BCUT2D eigenvalue weighted by Gasteiger charge is 2.24. The van der Waals surface area contributed by atoms with Crippen molar-refractivity contribution in [3.8, 4) is 0 Å². The Kier molecular flexibility index (Phi) is 5.62. The van der Waals surface area contributed by atoms with Crippen LogP contribution >= 0.6 is 11.3 Å². The molecular formula is C21H20N4O4S. The molecule has 3 aromatic heterocycles. The summed E-state index contributed by atoms with van der Waals surface area (Å²) in [5.74, 6) is -0.384. The number of carbonyl (C=O) groups excluding carboxylic acids is 2. The first kappa shape index (κ1) is 19.8. The van der Waals surface area contributed by atoms with Crippen LogP contribution in [0.25, 0.3) is 10.2 Å². The van der Waals surface area contributed by atoms with Crippen molar-refractivity contribution in [2.45, 2.75) is 26.1 Å². The summed E-state index contributed by atoms with van der Waals surface area (Å²) in [4.78, 5) is 31.0. The van der Waals surface area contributed by atoms with Crippen LogP contribution in [-0.4, -0.2) is 44.7 Å². The minimum absolute atomic E-state index is 0.0469. The number of likely N-dealkylation sites (N-methyl/N-ethyl adjacent to an activating group) is 1. The van der Waals surface area contributed by atoms with E-state index in [-0.39, 0.29) is 11.7 Å². The van der Waals surface area contributed by atoms with Crippen LogP contribution in [0.4, 0.5) is 0 Å². The second-order valence-electron chi connectivity index (χ2n) is 6.79. The molecule has 0 saturated carbocycles. The summed E-state index contributed by atoms with van der Waals surface area (Å²) < 4.78 is 13.6. The molecule has 0 fully saturated rings. The number of amides is 1. The Morgan fingerprint density at radius 1 is 1.23 bits per heavy atom. The van der Waals surface area contributed by atoms with E-state index in [2.05, 4.69) is 10.1 Å². The number of furan rings is 1. The number of aromatic nitrogens is 3. The van der Waals surface area contributed by atoms with Crippen molar-refractivity contribution in [2.75, 3.05) is 7.05 Å². The van der Waals surface area contributed by atoms with E-state index < -0.39 is 12.1 Å². The van der Waals surface area contributed by atoms with E-state index in [1.54, 1.807) is 43.2 Å². The molecule has 1 amide bonds. The van der Waals surface area contributed by atoms with Gasteiger partial charge in [0.25, 0.3) is 5.91 Å². The molecule has 0 aliphatic rings. The van der Waals surface area contributed by atoms with Gasteiger partial charge < -0.3 is 14.1 Å². The standard InChI is InChI=1S/C21H20N4O4S/c1-14(20(26)24(2)13-19-23-16-6-3-4-7-18(16)30-19)28-21(27)17-9-8-15(29-17)12-25-11-5-10-22-25/h3-11,14H,12-13H2,1-2H3. The lowest BCUT2D eigenvalue weighted by Crippen LogP contribution is -2.37. The summed E-state index contributed by atoms with van der Waals surface area (Å²) in [5.41, 5.74) is 0.904. The van der Waals surface area contributed by atoms with Gasteiger partial charge in [0.1, 0.15) is 10.8 Å². The van der Waals surface area contributed by atoms with Crippen LogP contribution in [0.1, 0.15) is 28.2 Å². The lowest BCUT2D eigenvalue weighted by Gasteiger charge is -2.20. The van der Waals surface area contributed by atoms with Gasteiger partial charge in [0, 0.05) is 19.4 Å². The number of ether oxygens (including phenoxy) is 1. The van der Waals surface area contributed by atoms with Crippen LogP contribution in [0.5, 0.6) is 0 Å². The van der Waals surface area contributed by atoms with E-state index in [0.717, 1.165) is 15.2 Å². The minimum Gasteiger partial charge on any atom is -0.452 e. The van der Waals surface area contributed by atoms with Gasteiger partial charge in [-0.15, -0.1) is 11.3 Å². The zero-order valence-corrected chi connectivity index (χ0v) is 17.3. The van der Waals surface area contributed by atoms with Gasteiger partial charge in [-0.2, -0.15) is 5.10 Å². The molecule has 0 aliphatic carbocycles. The fourth-order valence-electron chi connectivity index (χ4n) is 2.97. The monoisotopic (exact) mass is 424 g/mol. The fourth-order valence-corrected chi connectivity index (χ4v) is 3.99. The van der Waals surface area contributed by atoms with Crippen molar-refractivity contribution in [2.24, 2.45) is 0 Å². The summed E-state index contributed by atoms with van der Waals surface area (Å²) in [5, 5.41) is 4.91. The molecule has 0 N–H and O–H groups in total. The van der Waals surface area contributed by atoms with Gasteiger partial charge in [-0.25, -0.2) is 9.78 Å². The molecule has 1 aromatic carbocycles. The van der Waals surface area contributed by atoms with Gasteiger partial charge >= 0.3 is 5.97 Å². The molecule has 8 nitrogen and oxygen atoms in total. The molecule has 154 valence electrons. The second kappa shape index (κ2) is 8.50. The Bertz CT molecular complexity index is 1130. The summed E-state index contributed by atoms with van der Waals surface area (Å²) in [6.45, 7) is 2.29.